The number of fused-ring (bicyclic) bond motifs is 8. The van der Waals surface area contributed by atoms with E-state index in [9.17, 15) is 25.3 Å². The summed E-state index contributed by atoms with van der Waals surface area (Å²) in [5.41, 5.74) is 14.8. The van der Waals surface area contributed by atoms with Crippen molar-refractivity contribution in [1.82, 2.24) is 80.8 Å². The van der Waals surface area contributed by atoms with Crippen LogP contribution in [0.1, 0.15) is 37.5 Å². The summed E-state index contributed by atoms with van der Waals surface area (Å²) in [7, 11) is -5.36. The van der Waals surface area contributed by atoms with Gasteiger partial charge in [-0.3, -0.25) is 0 Å². The predicted octanol–water partition coefficient (Wildman–Crippen LogP) is 20.5. The minimum absolute atomic E-state index is 0.184. The third-order valence-corrected chi connectivity index (χ3v) is 30.8. The van der Waals surface area contributed by atoms with Crippen LogP contribution in [0.2, 0.25) is 0 Å². The van der Waals surface area contributed by atoms with E-state index < -0.39 is 30.1 Å². The van der Waals surface area contributed by atoms with Crippen molar-refractivity contribution in [2.24, 2.45) is 0 Å². The van der Waals surface area contributed by atoms with Gasteiger partial charge >= 0.3 is 64.9 Å². The first-order chi connectivity index (χ1) is 67.7. The number of nitrogens with zero attached hydrogens (tertiary/aromatic N) is 16. The van der Waals surface area contributed by atoms with Crippen molar-refractivity contribution in [2.45, 2.75) is 75.9 Å². The van der Waals surface area contributed by atoms with E-state index in [1.54, 1.807) is 120 Å². The van der Waals surface area contributed by atoms with Gasteiger partial charge in [-0.25, -0.2) is 77.0 Å². The van der Waals surface area contributed by atoms with Crippen LogP contribution in [-0.2, 0) is 68.8 Å². The summed E-state index contributed by atoms with van der Waals surface area (Å²) in [5, 5.41) is 9.89. The Labute approximate surface area is 863 Å². The number of rotatable bonds is 19. The molecule has 0 saturated carbocycles. The van der Waals surface area contributed by atoms with Gasteiger partial charge in [-0.2, -0.15) is 0 Å². The van der Waals surface area contributed by atoms with Crippen LogP contribution in [0.4, 0.5) is 11.6 Å². The average molecular weight is 2450 g/mol. The van der Waals surface area contributed by atoms with E-state index in [1.165, 1.54) is 36.4 Å². The molecule has 12 aromatic heterocycles. The number of hydrogen-bond donors (Lipinski definition) is 3. The molecule has 0 atom stereocenters. The molecule has 140 heavy (non-hydrogen) atoms. The Morgan fingerprint density at radius 3 is 1.11 bits per heavy atom. The summed E-state index contributed by atoms with van der Waals surface area (Å²) >= 11 is 14.3. The summed E-state index contributed by atoms with van der Waals surface area (Å²) in [4.78, 5) is 46.6. The topological polar surface area (TPSA) is 350 Å². The molecule has 3 aliphatic rings. The predicted molar refractivity (Wildman–Crippen MR) is 578 cm³/mol. The molecule has 3 N–H and O–H groups in total. The molecule has 22 rings (SSSR count). The molecule has 19 aromatic rings. The standard InChI is InChI=1S/C28H29N5O4S.C24H21BrN4O3S.C22H17BrN4O3S.C21H23N5O2.C4H9NO.3HI.V/c1-4-31-17-24(22-15-20(36-3)7-10-25(22)31)26-16-23-27(32-11-13-37-14-12-32)29-18-30-28(23)33(26)38(34,35)21-8-5-19(2)6-9-21;1-4-28-13-20(18-11-16(32-3)7-10-21(18)28)22-12-19-23(25)26-14-27-24(19)29(22)33(30,31)17-8-5-15(2)6-9-17;1-13-3-6-15(7-4-13)31(28,29)27-20(10-17-21(23)25-12-26-22(17)27)18-11-24-19-8-5-14(30-2)9-16(18)19;1-3-25-12-17(15-10-14(27-2)4-5-19(15)25)18-11-16-20(24-18)22-13-23-21(16)26-6-8-28-9-7-26;1-3-6-4-2-5-1;;;;/h5-10,15-18H,4,11-14H2,1-3H3;5-14H,4H2,1-3H3;3-12,24H,1-2H3;4-5,10-13H,3,6-9H2,1-2H3,(H,22,23,24);5H,1-4H2;3*1H;/q;;;;;;;;+3/p-3. The molecule has 3 aliphatic heterocycles. The zero-order valence-corrected chi connectivity index (χ0v) is 91.4. The van der Waals surface area contributed by atoms with E-state index in [-0.39, 0.29) is 19.6 Å². The number of aryl methyl sites for hydroxylation is 6. The first-order valence-corrected chi connectivity index (χ1v) is 64.2. The minimum atomic E-state index is -4.00. The average Bonchev–Trinajstić information content (AvgIpc) is 1.57. The molecule has 0 amide bonds. The molecule has 0 spiro atoms. The molecule has 0 bridgehead atoms. The second-order valence-corrected chi connectivity index (χ2v) is 75.0. The molecule has 3 fully saturated rings. The number of ether oxygens (including phenoxy) is 7. The van der Waals surface area contributed by atoms with E-state index in [1.807, 2.05) is 113 Å². The monoisotopic (exact) mass is 2450 g/mol. The van der Waals surface area contributed by atoms with E-state index in [0.717, 1.165) is 178 Å². The number of halogens is 5. The first kappa shape index (κ1) is 101. The van der Waals surface area contributed by atoms with Gasteiger partial charge in [-0.05, 0) is 207 Å². The Kier molecular flexibility index (Phi) is 31.8. The number of methoxy groups -OCH3 is 4. The molecule has 41 heteroatoms. The molecule has 0 aliphatic carbocycles. The molecule has 0 unspecified atom stereocenters. The summed E-state index contributed by atoms with van der Waals surface area (Å²) in [6.45, 7) is 23.9. The summed E-state index contributed by atoms with van der Waals surface area (Å²) in [6.07, 6.45) is 13.7. The molecular weight excluding hydrogens is 2350 g/mol. The quantitative estimate of drug-likeness (QED) is 0.0500. The second-order valence-electron chi connectivity index (χ2n) is 32.7. The Morgan fingerprint density at radius 1 is 0.386 bits per heavy atom. The van der Waals surface area contributed by atoms with Crippen LogP contribution in [0.15, 0.2) is 244 Å². The SMILES string of the molecule is C1COCCN1.CCn1cc(-c2cc3c(Br)ncnc3n2S(=O)(=O)c2ccc(C)cc2)c2cc(OC)ccc21.CCn1cc(-c2cc3c(N4CCOCC4)ncnc3[nH]2)c2cc(OC)ccc21.CCn1cc(-c2cc3c(N4CCOCC4)ncnc3n2S(=O)(=O)c2ccc(C)cc2)c2cc(OC)ccc21.COc1ccc2[nH]cc(-c3cc4c(Br)ncnc4n3S(=O)(=O)c3ccc(C)cc3)c2c1.[I][V]([I])[I]. The van der Waals surface area contributed by atoms with Crippen LogP contribution in [0, 0.1) is 20.8 Å². The van der Waals surface area contributed by atoms with Crippen LogP contribution in [0.3, 0.4) is 0 Å². The van der Waals surface area contributed by atoms with Gasteiger partial charge in [0.1, 0.15) is 74.8 Å². The maximum atomic E-state index is 14.3. The van der Waals surface area contributed by atoms with Crippen LogP contribution in [0.5, 0.6) is 23.0 Å². The van der Waals surface area contributed by atoms with Crippen molar-refractivity contribution in [2.75, 3.05) is 117 Å². The molecule has 726 valence electrons. The van der Waals surface area contributed by atoms with E-state index in [4.69, 9.17) is 33.2 Å². The number of H-pyrrole nitrogens is 2. The van der Waals surface area contributed by atoms with Crippen LogP contribution in [-0.4, -0.2) is 208 Å². The Bertz CT molecular complexity index is 8110. The third-order valence-electron chi connectivity index (χ3n) is 24.4. The molecule has 7 aromatic carbocycles. The van der Waals surface area contributed by atoms with E-state index >= 15 is 0 Å². The van der Waals surface area contributed by atoms with Crippen molar-refractivity contribution in [1.29, 1.82) is 0 Å². The van der Waals surface area contributed by atoms with Crippen molar-refractivity contribution < 1.29 is 63.3 Å². The second kappa shape index (κ2) is 44.1. The fraction of sp³-hybridized carbons (Fsp3) is 0.253. The van der Waals surface area contributed by atoms with Crippen molar-refractivity contribution in [3.8, 4) is 68.0 Å². The van der Waals surface area contributed by atoms with E-state index in [2.05, 4.69) is 209 Å². The summed E-state index contributed by atoms with van der Waals surface area (Å²) in [5.74, 6) is 4.60. The van der Waals surface area contributed by atoms with Gasteiger partial charge < -0.3 is 71.9 Å². The first-order valence-electron chi connectivity index (χ1n) is 44.8. The van der Waals surface area contributed by atoms with Gasteiger partial charge in [0.25, 0.3) is 30.1 Å². The Hall–Kier alpha value is -10.6. The van der Waals surface area contributed by atoms with Gasteiger partial charge in [0.15, 0.2) is 16.9 Å². The molecular formula is C99H99Br2I3N19O13S3V. The third kappa shape index (κ3) is 20.9. The van der Waals surface area contributed by atoms with Crippen molar-refractivity contribution in [3.63, 3.8) is 0 Å². The Morgan fingerprint density at radius 2 is 0.729 bits per heavy atom. The van der Waals surface area contributed by atoms with Gasteiger partial charge in [-0.1, -0.05) is 53.1 Å². The molecule has 0 radical (unpaired) electrons. The zero-order valence-electron chi connectivity index (χ0n) is 77.9. The number of hydrogen-bond acceptors (Lipinski definition) is 24. The number of aromatic nitrogens is 16. The Balaban J connectivity index is 0.000000125. The number of aromatic amines is 2. The summed E-state index contributed by atoms with van der Waals surface area (Å²) in [6, 6.07) is 51.7. The summed E-state index contributed by atoms with van der Waals surface area (Å²) < 4.78 is 133. The van der Waals surface area contributed by atoms with Crippen molar-refractivity contribution in [3.05, 3.63) is 246 Å². The number of benzene rings is 7. The van der Waals surface area contributed by atoms with Crippen LogP contribution in [0.25, 0.3) is 133 Å². The molecule has 15 heterocycles. The van der Waals surface area contributed by atoms with Crippen molar-refractivity contribution >= 4 is 221 Å². The maximum absolute atomic E-state index is 14.3. The number of morpholine rings is 3. The number of nitrogens with one attached hydrogen (secondary N) is 3. The fourth-order valence-electron chi connectivity index (χ4n) is 17.3. The zero-order chi connectivity index (χ0) is 98.4. The van der Waals surface area contributed by atoms with Gasteiger partial charge in [0, 0.05) is 155 Å². The number of anilines is 2. The van der Waals surface area contributed by atoms with Gasteiger partial charge in [-0.15, -0.1) is 0 Å². The van der Waals surface area contributed by atoms with Gasteiger partial charge in [0.2, 0.25) is 0 Å². The van der Waals surface area contributed by atoms with Crippen LogP contribution < -0.4 is 34.1 Å². The normalized spacial score (nSPS) is 13.7. The van der Waals surface area contributed by atoms with Crippen LogP contribution >= 0.6 is 91.8 Å². The van der Waals surface area contributed by atoms with Gasteiger partial charge in [0.05, 0.1) is 121 Å². The molecule has 3 saturated heterocycles. The molecule has 32 nitrogen and oxygen atoms in total. The van der Waals surface area contributed by atoms with E-state index in [0.29, 0.717) is 109 Å². The fourth-order valence-corrected chi connectivity index (χ4v) is 22.5.